The number of ether oxygens (including phenoxy) is 2. The predicted molar refractivity (Wildman–Crippen MR) is 101 cm³/mol. The van der Waals surface area contributed by atoms with Gasteiger partial charge in [0.05, 0.1) is 31.4 Å². The molecule has 1 fully saturated rings. The Morgan fingerprint density at radius 2 is 2.07 bits per heavy atom. The fourth-order valence-electron chi connectivity index (χ4n) is 3.15. The van der Waals surface area contributed by atoms with Gasteiger partial charge >= 0.3 is 0 Å². The Morgan fingerprint density at radius 3 is 2.74 bits per heavy atom. The summed E-state index contributed by atoms with van der Waals surface area (Å²) in [5, 5.41) is 0. The Kier molecular flexibility index (Phi) is 6.08. The summed E-state index contributed by atoms with van der Waals surface area (Å²) in [4.78, 5) is 4.14. The maximum absolute atomic E-state index is 13.2. The minimum atomic E-state index is -3.28. The van der Waals surface area contributed by atoms with E-state index in [4.69, 9.17) is 9.47 Å². The van der Waals surface area contributed by atoms with Crippen LogP contribution in [0, 0.1) is 18.7 Å². The maximum Gasteiger partial charge on any atom is 0.208 e. The van der Waals surface area contributed by atoms with Gasteiger partial charge in [-0.15, -0.1) is 0 Å². The minimum absolute atomic E-state index is 0.0610. The molecule has 0 saturated carbocycles. The van der Waals surface area contributed by atoms with Gasteiger partial charge in [-0.05, 0) is 49.2 Å². The van der Waals surface area contributed by atoms with Crippen LogP contribution in [0.3, 0.4) is 0 Å². The van der Waals surface area contributed by atoms with Crippen molar-refractivity contribution in [2.45, 2.75) is 19.4 Å². The van der Waals surface area contributed by atoms with Gasteiger partial charge in [-0.25, -0.2) is 17.5 Å². The molecule has 27 heavy (non-hydrogen) atoms. The van der Waals surface area contributed by atoms with Gasteiger partial charge in [0.1, 0.15) is 11.6 Å². The second-order valence-electron chi connectivity index (χ2n) is 6.77. The molecule has 2 atom stereocenters. The number of benzene rings is 1. The number of sulfonamides is 1. The maximum atomic E-state index is 13.2. The van der Waals surface area contributed by atoms with Gasteiger partial charge < -0.3 is 9.47 Å². The molecule has 0 unspecified atom stereocenters. The molecule has 2 aromatic rings. The number of aromatic nitrogens is 1. The third-order valence-corrected chi connectivity index (χ3v) is 5.21. The van der Waals surface area contributed by atoms with Gasteiger partial charge in [-0.3, -0.25) is 4.98 Å². The van der Waals surface area contributed by atoms with Crippen LogP contribution < -0.4 is 9.46 Å². The van der Waals surface area contributed by atoms with E-state index in [0.29, 0.717) is 32.0 Å². The number of hydrogen-bond acceptors (Lipinski definition) is 5. The van der Waals surface area contributed by atoms with E-state index < -0.39 is 10.0 Å². The Bertz CT molecular complexity index is 887. The monoisotopic (exact) mass is 394 g/mol. The summed E-state index contributed by atoms with van der Waals surface area (Å²) < 4.78 is 50.2. The molecular formula is C19H23FN2O4S. The van der Waals surface area contributed by atoms with Gasteiger partial charge in [0.2, 0.25) is 10.0 Å². The number of aryl methyl sites for hydroxylation is 1. The molecule has 146 valence electrons. The Labute approximate surface area is 158 Å². The molecule has 8 heteroatoms. The highest BCUT2D eigenvalue weighted by Crippen LogP contribution is 2.25. The molecule has 0 amide bonds. The summed E-state index contributed by atoms with van der Waals surface area (Å²) in [5.74, 6) is 0.250. The van der Waals surface area contributed by atoms with Crippen LogP contribution in [0.1, 0.15) is 12.0 Å². The van der Waals surface area contributed by atoms with Crippen molar-refractivity contribution in [3.63, 3.8) is 0 Å². The van der Waals surface area contributed by atoms with Crippen LogP contribution in [-0.4, -0.2) is 45.5 Å². The summed E-state index contributed by atoms with van der Waals surface area (Å²) >= 11 is 0. The lowest BCUT2D eigenvalue weighted by molar-refractivity contribution is 0.0187. The van der Waals surface area contributed by atoms with Crippen LogP contribution in [0.15, 0.2) is 36.5 Å². The summed E-state index contributed by atoms with van der Waals surface area (Å²) in [5.41, 5.74) is 2.36. The van der Waals surface area contributed by atoms with E-state index in [1.54, 1.807) is 0 Å². The van der Waals surface area contributed by atoms with Gasteiger partial charge in [0.15, 0.2) is 0 Å². The molecule has 2 heterocycles. The molecule has 0 bridgehead atoms. The van der Waals surface area contributed by atoms with Crippen LogP contribution in [0.2, 0.25) is 0 Å². The SMILES string of the molecule is Cc1cc(F)cnc1-c1ccc(OC[C@H]2COCC[C@@H]2NS(C)(=O)=O)cc1. The van der Waals surface area contributed by atoms with E-state index in [-0.39, 0.29) is 17.8 Å². The predicted octanol–water partition coefficient (Wildman–Crippen LogP) is 2.53. The smallest absolute Gasteiger partial charge is 0.208 e. The largest absolute Gasteiger partial charge is 0.493 e. The Morgan fingerprint density at radius 1 is 1.33 bits per heavy atom. The van der Waals surface area contributed by atoms with E-state index in [1.807, 2.05) is 31.2 Å². The molecule has 3 rings (SSSR count). The second-order valence-corrected chi connectivity index (χ2v) is 8.55. The van der Waals surface area contributed by atoms with E-state index in [9.17, 15) is 12.8 Å². The average molecular weight is 394 g/mol. The molecule has 1 saturated heterocycles. The molecular weight excluding hydrogens is 371 g/mol. The third kappa shape index (κ3) is 5.47. The molecule has 1 aliphatic heterocycles. The van der Waals surface area contributed by atoms with E-state index in [0.717, 1.165) is 23.1 Å². The molecule has 1 aromatic carbocycles. The fraction of sp³-hybridized carbons (Fsp3) is 0.421. The quantitative estimate of drug-likeness (QED) is 0.815. The zero-order valence-electron chi connectivity index (χ0n) is 15.3. The van der Waals surface area contributed by atoms with E-state index >= 15 is 0 Å². The Hall–Kier alpha value is -2.03. The van der Waals surface area contributed by atoms with Crippen LogP contribution in [0.25, 0.3) is 11.3 Å². The van der Waals surface area contributed by atoms with Crippen LogP contribution in [-0.2, 0) is 14.8 Å². The number of nitrogens with zero attached hydrogens (tertiary/aromatic N) is 1. The molecule has 0 aliphatic carbocycles. The molecule has 6 nitrogen and oxygen atoms in total. The first-order valence-electron chi connectivity index (χ1n) is 8.72. The average Bonchev–Trinajstić information content (AvgIpc) is 2.60. The lowest BCUT2D eigenvalue weighted by atomic mass is 9.98. The summed E-state index contributed by atoms with van der Waals surface area (Å²) in [6.45, 7) is 3.14. The highest BCUT2D eigenvalue weighted by atomic mass is 32.2. The van der Waals surface area contributed by atoms with Crippen LogP contribution >= 0.6 is 0 Å². The van der Waals surface area contributed by atoms with Crippen LogP contribution in [0.4, 0.5) is 4.39 Å². The lowest BCUT2D eigenvalue weighted by Crippen LogP contribution is -2.47. The van der Waals surface area contributed by atoms with Gasteiger partial charge in [0.25, 0.3) is 0 Å². The minimum Gasteiger partial charge on any atom is -0.493 e. The number of halogens is 1. The summed E-state index contributed by atoms with van der Waals surface area (Å²) in [6.07, 6.45) is 2.98. The highest BCUT2D eigenvalue weighted by molar-refractivity contribution is 7.88. The van der Waals surface area contributed by atoms with Crippen molar-refractivity contribution in [1.29, 1.82) is 0 Å². The molecule has 1 aliphatic rings. The highest BCUT2D eigenvalue weighted by Gasteiger charge is 2.28. The molecule has 1 aromatic heterocycles. The summed E-state index contributed by atoms with van der Waals surface area (Å²) in [7, 11) is -3.28. The first-order valence-corrected chi connectivity index (χ1v) is 10.6. The molecule has 1 N–H and O–H groups in total. The van der Waals surface area contributed by atoms with Crippen LogP contribution in [0.5, 0.6) is 5.75 Å². The first-order chi connectivity index (χ1) is 12.8. The van der Waals surface area contributed by atoms with Crippen molar-refractivity contribution in [3.8, 4) is 17.0 Å². The number of hydrogen-bond donors (Lipinski definition) is 1. The number of nitrogens with one attached hydrogen (secondary N) is 1. The molecule has 0 spiro atoms. The van der Waals surface area contributed by atoms with Gasteiger partial charge in [0, 0.05) is 24.1 Å². The second kappa shape index (κ2) is 8.33. The molecule has 0 radical (unpaired) electrons. The van der Waals surface area contributed by atoms with Gasteiger partial charge in [-0.1, -0.05) is 0 Å². The lowest BCUT2D eigenvalue weighted by Gasteiger charge is -2.31. The van der Waals surface area contributed by atoms with Crippen molar-refractivity contribution < 1.29 is 22.3 Å². The van der Waals surface area contributed by atoms with E-state index in [2.05, 4.69) is 9.71 Å². The first kappa shape index (κ1) is 19.7. The zero-order valence-corrected chi connectivity index (χ0v) is 16.1. The van der Waals surface area contributed by atoms with Gasteiger partial charge in [-0.2, -0.15) is 0 Å². The zero-order chi connectivity index (χ0) is 19.4. The number of rotatable bonds is 6. The van der Waals surface area contributed by atoms with Crippen molar-refractivity contribution >= 4 is 10.0 Å². The fourth-order valence-corrected chi connectivity index (χ4v) is 4.01. The van der Waals surface area contributed by atoms with Crippen molar-refractivity contribution in [3.05, 3.63) is 47.9 Å². The number of pyridine rings is 1. The third-order valence-electron chi connectivity index (χ3n) is 4.48. The Balaban J connectivity index is 1.64. The summed E-state index contributed by atoms with van der Waals surface area (Å²) in [6, 6.07) is 8.63. The van der Waals surface area contributed by atoms with Crippen molar-refractivity contribution in [2.75, 3.05) is 26.1 Å². The van der Waals surface area contributed by atoms with Crippen molar-refractivity contribution in [1.82, 2.24) is 9.71 Å². The van der Waals surface area contributed by atoms with Crippen molar-refractivity contribution in [2.24, 2.45) is 5.92 Å². The van der Waals surface area contributed by atoms with E-state index in [1.165, 1.54) is 12.3 Å². The standard InChI is InChI=1S/C19H23FN2O4S/c1-13-9-16(20)10-21-19(13)14-3-5-17(6-4-14)26-12-15-11-25-8-7-18(15)22-27(2,23)24/h3-6,9-10,15,18,22H,7-8,11-12H2,1-2H3/t15-,18+/m1/s1. The normalized spacial score (nSPS) is 20.4. The topological polar surface area (TPSA) is 77.5 Å².